The third kappa shape index (κ3) is 6.61. The number of aliphatic imine (C=N–C) groups is 1. The lowest BCUT2D eigenvalue weighted by Gasteiger charge is -2.61. The number of nitrogens with one attached hydrogen (secondary N) is 1. The second-order valence-electron chi connectivity index (χ2n) is 14.6. The van der Waals surface area contributed by atoms with Gasteiger partial charge in [0.05, 0.1) is 43.1 Å². The minimum absolute atomic E-state index is 0.0624. The van der Waals surface area contributed by atoms with Crippen LogP contribution in [-0.2, 0) is 14.3 Å². The van der Waals surface area contributed by atoms with Crippen molar-refractivity contribution < 1.29 is 24.5 Å². The average Bonchev–Trinajstić information content (AvgIpc) is 3.74. The van der Waals surface area contributed by atoms with Crippen LogP contribution in [0.2, 0.25) is 0 Å². The SMILES string of the molecule is CN(C)CCN=C(N)c1ccc(/C=C2\C=C(C(CC3C4(CCC5[C@]3(C)CC[C@@H](O)[C@@]5(C)CO)CO4)Nc3ccccn3)C(=O)O2)cc1. The molecule has 2 aromatic rings. The minimum atomic E-state index is -0.592. The number of nitrogens with two attached hydrogens (primary N) is 1. The number of carbonyl (C=O) groups is 1. The Bertz CT molecular complexity index is 1540. The van der Waals surface area contributed by atoms with Crippen molar-refractivity contribution in [2.45, 2.75) is 63.7 Å². The normalized spacial score (nSPS) is 33.5. The van der Waals surface area contributed by atoms with Gasteiger partial charge in [-0.1, -0.05) is 44.2 Å². The molecule has 1 aromatic carbocycles. The quantitative estimate of drug-likeness (QED) is 0.124. The number of carbonyl (C=O) groups excluding carboxylic acids is 1. The number of ether oxygens (including phenoxy) is 2. The van der Waals surface area contributed by atoms with Crippen LogP contribution in [0.3, 0.4) is 0 Å². The van der Waals surface area contributed by atoms with Crippen LogP contribution in [0.5, 0.6) is 0 Å². The molecule has 2 aliphatic carbocycles. The molecule has 7 atom stereocenters. The zero-order valence-electron chi connectivity index (χ0n) is 28.0. The number of esters is 1. The molecular weight excluding hydrogens is 594 g/mol. The number of epoxide rings is 1. The molecule has 1 spiro atoms. The van der Waals surface area contributed by atoms with E-state index in [1.165, 1.54) is 0 Å². The number of rotatable bonds is 11. The lowest BCUT2D eigenvalue weighted by atomic mass is 9.44. The maximum atomic E-state index is 13.5. The van der Waals surface area contributed by atoms with Gasteiger partial charge in [0.2, 0.25) is 0 Å². The molecule has 3 heterocycles. The molecule has 6 rings (SSSR count). The summed E-state index contributed by atoms with van der Waals surface area (Å²) in [6.45, 7) is 6.40. The molecule has 0 radical (unpaired) electrons. The van der Waals surface area contributed by atoms with Gasteiger partial charge in [-0.2, -0.15) is 0 Å². The molecule has 2 saturated carbocycles. The first-order valence-corrected chi connectivity index (χ1v) is 16.8. The lowest BCUT2D eigenvalue weighted by molar-refractivity contribution is -0.177. The lowest BCUT2D eigenvalue weighted by Crippen LogP contribution is -2.61. The summed E-state index contributed by atoms with van der Waals surface area (Å²) in [5.41, 5.74) is 7.40. The van der Waals surface area contributed by atoms with E-state index in [1.807, 2.05) is 75.6 Å². The maximum Gasteiger partial charge on any atom is 0.341 e. The molecule has 47 heavy (non-hydrogen) atoms. The van der Waals surface area contributed by atoms with E-state index < -0.39 is 17.6 Å². The van der Waals surface area contributed by atoms with E-state index in [0.29, 0.717) is 49.0 Å². The second kappa shape index (κ2) is 13.1. The zero-order chi connectivity index (χ0) is 33.4. The van der Waals surface area contributed by atoms with Gasteiger partial charge >= 0.3 is 5.97 Å². The van der Waals surface area contributed by atoms with Crippen molar-refractivity contribution in [3.8, 4) is 0 Å². The number of aromatic nitrogens is 1. The molecular formula is C37H49N5O5. The van der Waals surface area contributed by atoms with E-state index in [2.05, 4.69) is 27.1 Å². The van der Waals surface area contributed by atoms with E-state index >= 15 is 0 Å². The number of hydrogen-bond acceptors (Lipinski definition) is 9. The number of aliphatic hydroxyl groups excluding tert-OH is 2. The van der Waals surface area contributed by atoms with Gasteiger partial charge in [0.15, 0.2) is 0 Å². The molecule has 252 valence electrons. The predicted molar refractivity (Wildman–Crippen MR) is 182 cm³/mol. The van der Waals surface area contributed by atoms with Gasteiger partial charge in [0.1, 0.15) is 17.4 Å². The van der Waals surface area contributed by atoms with E-state index in [1.54, 1.807) is 6.20 Å². The van der Waals surface area contributed by atoms with Gasteiger partial charge in [0, 0.05) is 23.7 Å². The van der Waals surface area contributed by atoms with E-state index in [-0.39, 0.29) is 35.4 Å². The van der Waals surface area contributed by atoms with E-state index in [4.69, 9.17) is 15.2 Å². The highest BCUT2D eigenvalue weighted by Crippen LogP contribution is 2.66. The minimum Gasteiger partial charge on any atom is -0.423 e. The van der Waals surface area contributed by atoms with Crippen LogP contribution < -0.4 is 11.1 Å². The van der Waals surface area contributed by atoms with Crippen molar-refractivity contribution in [3.05, 3.63) is 77.2 Å². The summed E-state index contributed by atoms with van der Waals surface area (Å²) < 4.78 is 12.1. The molecule has 5 N–H and O–H groups in total. The second-order valence-corrected chi connectivity index (χ2v) is 14.6. The molecule has 4 aliphatic rings. The molecule has 0 bridgehead atoms. The maximum absolute atomic E-state index is 13.5. The monoisotopic (exact) mass is 643 g/mol. The van der Waals surface area contributed by atoms with Gasteiger partial charge in [-0.05, 0) is 93.3 Å². The molecule has 4 unspecified atom stereocenters. The number of nitrogens with zero attached hydrogens (tertiary/aromatic N) is 3. The summed E-state index contributed by atoms with van der Waals surface area (Å²) in [4.78, 5) is 24.6. The number of cyclic esters (lactones) is 1. The number of amidine groups is 1. The first-order valence-electron chi connectivity index (χ1n) is 16.8. The molecule has 10 nitrogen and oxygen atoms in total. The molecule has 0 amide bonds. The Balaban J connectivity index is 1.28. The van der Waals surface area contributed by atoms with Crippen molar-refractivity contribution in [1.29, 1.82) is 0 Å². The van der Waals surface area contributed by atoms with Crippen LogP contribution in [0.25, 0.3) is 6.08 Å². The molecule has 1 aromatic heterocycles. The summed E-state index contributed by atoms with van der Waals surface area (Å²) in [5.74, 6) is 1.46. The molecule has 2 aliphatic heterocycles. The summed E-state index contributed by atoms with van der Waals surface area (Å²) >= 11 is 0. The van der Waals surface area contributed by atoms with Crippen molar-refractivity contribution >= 4 is 23.7 Å². The Kier molecular flexibility index (Phi) is 9.32. The van der Waals surface area contributed by atoms with Crippen LogP contribution in [0.1, 0.15) is 57.1 Å². The number of anilines is 1. The first-order chi connectivity index (χ1) is 22.5. The molecule has 1 saturated heterocycles. The van der Waals surface area contributed by atoms with Crippen LogP contribution in [0, 0.1) is 22.7 Å². The smallest absolute Gasteiger partial charge is 0.341 e. The van der Waals surface area contributed by atoms with Crippen LogP contribution >= 0.6 is 0 Å². The van der Waals surface area contributed by atoms with Gasteiger partial charge in [-0.25, -0.2) is 9.78 Å². The topological polar surface area (TPSA) is 146 Å². The number of likely N-dealkylation sites (N-methyl/N-ethyl adjacent to an activating group) is 1. The largest absolute Gasteiger partial charge is 0.423 e. The van der Waals surface area contributed by atoms with Crippen molar-refractivity contribution in [2.75, 3.05) is 45.7 Å². The first kappa shape index (κ1) is 33.3. The van der Waals surface area contributed by atoms with Crippen LogP contribution in [0.4, 0.5) is 5.82 Å². The van der Waals surface area contributed by atoms with Crippen molar-refractivity contribution in [2.24, 2.45) is 33.4 Å². The molecule has 3 fully saturated rings. The highest BCUT2D eigenvalue weighted by atomic mass is 16.6. The Hall–Kier alpha value is -3.57. The standard InChI is InChI=1S/C37H49N5O5/c1-35-14-13-31(44)36(2,22-43)29(35)12-15-37(23-46-37)30(35)21-28(41-32-7-5-6-16-39-32)27-20-26(47-34(27)45)19-24-8-10-25(11-9-24)33(38)40-17-18-42(3)4/h5-11,16,19-20,28-31,43-44H,12-15,17-18,21-23H2,1-4H3,(H2,38,40)(H,39,41)/b26-19+/t28?,29?,30?,31-,35+,36+,37?/m1/s1. The Labute approximate surface area is 277 Å². The Morgan fingerprint density at radius 1 is 1.19 bits per heavy atom. The van der Waals surface area contributed by atoms with E-state index in [9.17, 15) is 15.0 Å². The predicted octanol–water partition coefficient (Wildman–Crippen LogP) is 4.00. The highest BCUT2D eigenvalue weighted by Gasteiger charge is 2.67. The summed E-state index contributed by atoms with van der Waals surface area (Å²) in [5, 5.41) is 25.1. The van der Waals surface area contributed by atoms with E-state index in [0.717, 1.165) is 36.9 Å². The van der Waals surface area contributed by atoms with Crippen molar-refractivity contribution in [3.63, 3.8) is 0 Å². The number of fused-ring (bicyclic) bond motifs is 1. The average molecular weight is 644 g/mol. The summed E-state index contributed by atoms with van der Waals surface area (Å²) in [6, 6.07) is 13.0. The third-order valence-corrected chi connectivity index (χ3v) is 11.4. The Morgan fingerprint density at radius 3 is 2.62 bits per heavy atom. The van der Waals surface area contributed by atoms with Crippen LogP contribution in [0.15, 0.2) is 71.1 Å². The molecule has 10 heteroatoms. The summed E-state index contributed by atoms with van der Waals surface area (Å²) in [7, 11) is 4.00. The highest BCUT2D eigenvalue weighted by molar-refractivity contribution is 5.98. The fourth-order valence-corrected chi connectivity index (χ4v) is 8.54. The fourth-order valence-electron chi connectivity index (χ4n) is 8.54. The van der Waals surface area contributed by atoms with Gasteiger partial charge in [-0.15, -0.1) is 0 Å². The number of benzene rings is 1. The fraction of sp³-hybridized carbons (Fsp3) is 0.541. The summed E-state index contributed by atoms with van der Waals surface area (Å²) in [6.07, 6.45) is 8.70. The van der Waals surface area contributed by atoms with Gasteiger partial charge in [-0.3, -0.25) is 4.99 Å². The number of pyridine rings is 1. The van der Waals surface area contributed by atoms with Crippen molar-refractivity contribution in [1.82, 2.24) is 9.88 Å². The Morgan fingerprint density at radius 2 is 1.96 bits per heavy atom. The number of aliphatic hydroxyl groups is 2. The zero-order valence-corrected chi connectivity index (χ0v) is 28.0. The number of hydrogen-bond donors (Lipinski definition) is 4. The van der Waals surface area contributed by atoms with Gasteiger partial charge in [0.25, 0.3) is 0 Å². The third-order valence-electron chi connectivity index (χ3n) is 11.4. The van der Waals surface area contributed by atoms with Crippen LogP contribution in [-0.4, -0.2) is 90.0 Å². The van der Waals surface area contributed by atoms with Gasteiger partial charge < -0.3 is 35.6 Å². The number of allylic oxidation sites excluding steroid dienone is 1.